The van der Waals surface area contributed by atoms with Crippen LogP contribution in [0.15, 0.2) is 43.0 Å². The van der Waals surface area contributed by atoms with Crippen molar-refractivity contribution in [1.82, 2.24) is 14.5 Å². The van der Waals surface area contributed by atoms with Gasteiger partial charge in [-0.05, 0) is 64.5 Å². The lowest BCUT2D eigenvalue weighted by atomic mass is 9.91. The Balaban J connectivity index is 1.39. The molecule has 2 heterocycles. The molecule has 4 aliphatic rings. The molecule has 2 aliphatic carbocycles. The third-order valence-electron chi connectivity index (χ3n) is 9.84. The molecule has 16 heteroatoms. The molecule has 3 amide bonds. The zero-order valence-corrected chi connectivity index (χ0v) is 31.1. The Kier molecular flexibility index (Phi) is 11.5. The highest BCUT2D eigenvalue weighted by Gasteiger charge is 2.61. The maximum Gasteiger partial charge on any atom is 0.410 e. The molecular weight excluding hydrogens is 713 g/mol. The molecule has 14 nitrogen and oxygen atoms in total. The Morgan fingerprint density at radius 2 is 1.85 bits per heavy atom. The molecule has 1 unspecified atom stereocenters. The summed E-state index contributed by atoms with van der Waals surface area (Å²) in [5, 5.41) is -0.678. The minimum Gasteiger partial charge on any atom is -0.462 e. The molecule has 0 radical (unpaired) electrons. The van der Waals surface area contributed by atoms with Gasteiger partial charge in [0, 0.05) is 31.0 Å². The fourth-order valence-corrected chi connectivity index (χ4v) is 8.26. The molecule has 5 atom stereocenters. The van der Waals surface area contributed by atoms with Crippen LogP contribution < -0.4 is 4.72 Å². The lowest BCUT2D eigenvalue weighted by Gasteiger charge is -2.29. The Hall–Kier alpha value is -4.60. The van der Waals surface area contributed by atoms with Crippen LogP contribution >= 0.6 is 0 Å². The maximum atomic E-state index is 14.4. The van der Waals surface area contributed by atoms with Gasteiger partial charge in [-0.3, -0.25) is 28.8 Å². The first-order chi connectivity index (χ1) is 24.9. The van der Waals surface area contributed by atoms with E-state index in [1.807, 2.05) is 0 Å². The number of Topliss-reactive ketones (excluding diaryl/α,β-unsaturated/α-hetero) is 1. The molecule has 0 bridgehead atoms. The van der Waals surface area contributed by atoms with E-state index in [2.05, 4.69) is 11.3 Å². The van der Waals surface area contributed by atoms with E-state index in [1.54, 1.807) is 33.8 Å². The van der Waals surface area contributed by atoms with E-state index in [4.69, 9.17) is 14.2 Å². The number of allylic oxidation sites excluding steroid dienone is 2. The third kappa shape index (κ3) is 9.32. The molecule has 0 aromatic heterocycles. The van der Waals surface area contributed by atoms with Crippen LogP contribution in [0.5, 0.6) is 0 Å². The molecule has 1 aromatic carbocycles. The van der Waals surface area contributed by atoms with E-state index in [0.29, 0.717) is 24.0 Å². The van der Waals surface area contributed by atoms with Crippen LogP contribution in [0.4, 0.5) is 9.18 Å². The van der Waals surface area contributed by atoms with Crippen molar-refractivity contribution in [3.8, 4) is 0 Å². The summed E-state index contributed by atoms with van der Waals surface area (Å²) < 4.78 is 58.3. The molecule has 0 spiro atoms. The van der Waals surface area contributed by atoms with Gasteiger partial charge in [0.25, 0.3) is 0 Å². The van der Waals surface area contributed by atoms with Crippen LogP contribution in [0.25, 0.3) is 0 Å². The van der Waals surface area contributed by atoms with E-state index in [1.165, 1.54) is 29.2 Å². The summed E-state index contributed by atoms with van der Waals surface area (Å²) in [6, 6.07) is 3.25. The van der Waals surface area contributed by atoms with Crippen molar-refractivity contribution in [2.45, 2.75) is 102 Å². The number of esters is 2. The van der Waals surface area contributed by atoms with Gasteiger partial charge in [-0.1, -0.05) is 24.3 Å². The first-order valence-corrected chi connectivity index (χ1v) is 19.2. The van der Waals surface area contributed by atoms with Crippen molar-refractivity contribution in [2.75, 3.05) is 13.2 Å². The number of amides is 3. The van der Waals surface area contributed by atoms with Crippen molar-refractivity contribution >= 4 is 45.7 Å². The number of halogens is 1. The van der Waals surface area contributed by atoms with Crippen LogP contribution in [-0.4, -0.2) is 90.0 Å². The number of rotatable bonds is 14. The predicted molar refractivity (Wildman–Crippen MR) is 186 cm³/mol. The maximum absolute atomic E-state index is 14.4. The van der Waals surface area contributed by atoms with Gasteiger partial charge in [0.1, 0.15) is 24.1 Å². The number of hydrogen-bond donors (Lipinski definition) is 1. The summed E-state index contributed by atoms with van der Waals surface area (Å²) in [5.41, 5.74) is -1.35. The third-order valence-corrected chi connectivity index (χ3v) is 11.7. The Morgan fingerprint density at radius 3 is 2.45 bits per heavy atom. The smallest absolute Gasteiger partial charge is 0.410 e. The SMILES string of the molecule is C=C[C@@H]1C[C@]1(CC(=O)[C@@H]1CC(OC(=O)N2Cc3cccc(F)c3C2)CN1C(=O)[C@H](COC(=O)/C=C/C)CC(=O)OC(C)(C)C)C(=O)NS(=O)(=O)C1CC1. The minimum absolute atomic E-state index is 0.0432. The number of likely N-dealkylation sites (tertiary alicyclic amines) is 1. The summed E-state index contributed by atoms with van der Waals surface area (Å²) in [4.78, 5) is 82.9. The van der Waals surface area contributed by atoms with E-state index in [9.17, 15) is 41.6 Å². The zero-order valence-electron chi connectivity index (χ0n) is 30.3. The second-order valence-corrected chi connectivity index (χ2v) is 17.1. The van der Waals surface area contributed by atoms with Crippen LogP contribution in [-0.2, 0) is 61.3 Å². The topological polar surface area (TPSA) is 183 Å². The van der Waals surface area contributed by atoms with Crippen molar-refractivity contribution in [1.29, 1.82) is 0 Å². The molecule has 3 fully saturated rings. The molecular formula is C37H46FN3O11S. The Labute approximate surface area is 308 Å². The van der Waals surface area contributed by atoms with Crippen molar-refractivity contribution in [3.63, 3.8) is 0 Å². The van der Waals surface area contributed by atoms with Gasteiger partial charge in [0.2, 0.25) is 21.8 Å². The second kappa shape index (κ2) is 15.4. The first kappa shape index (κ1) is 39.6. The molecule has 2 aliphatic heterocycles. The number of hydrogen-bond acceptors (Lipinski definition) is 11. The largest absolute Gasteiger partial charge is 0.462 e. The van der Waals surface area contributed by atoms with Gasteiger partial charge >= 0.3 is 18.0 Å². The number of nitrogens with one attached hydrogen (secondary N) is 1. The Bertz CT molecular complexity index is 1820. The number of ketones is 1. The standard InChI is InChI=1S/C37H46FN3O11S/c1-6-9-31(43)50-21-23(14-32(44)52-36(3,4)5)33(45)41-19-25(51-35(47)40-18-22-10-8-11-28(38)27(22)20-40)15-29(41)30(42)17-37(16-24(37)7-2)34(46)39-53(48,49)26-12-13-26/h6-11,23-26,29H,2,12-21H2,1,3-5H3,(H,39,46)/b9-6+/t23-,24+,25?,29-,37+/m0/s1. The van der Waals surface area contributed by atoms with E-state index < -0.39 is 111 Å². The summed E-state index contributed by atoms with van der Waals surface area (Å²) in [6.45, 7) is 9.48. The molecule has 1 N–H and O–H groups in total. The highest BCUT2D eigenvalue weighted by Crippen LogP contribution is 2.57. The van der Waals surface area contributed by atoms with Crippen molar-refractivity contribution < 1.29 is 55.8 Å². The van der Waals surface area contributed by atoms with Crippen LogP contribution in [0, 0.1) is 23.1 Å². The molecule has 1 aromatic rings. The fourth-order valence-electron chi connectivity index (χ4n) is 6.87. The van der Waals surface area contributed by atoms with Gasteiger partial charge in [-0.2, -0.15) is 0 Å². The quantitative estimate of drug-likeness (QED) is 0.127. The number of benzene rings is 1. The van der Waals surface area contributed by atoms with Gasteiger partial charge in [-0.25, -0.2) is 22.4 Å². The van der Waals surface area contributed by atoms with Gasteiger partial charge in [0.15, 0.2) is 5.78 Å². The highest BCUT2D eigenvalue weighted by atomic mass is 32.2. The summed E-state index contributed by atoms with van der Waals surface area (Å²) in [7, 11) is -3.93. The lowest BCUT2D eigenvalue weighted by Crippen LogP contribution is -2.47. The first-order valence-electron chi connectivity index (χ1n) is 17.6. The van der Waals surface area contributed by atoms with Gasteiger partial charge in [0.05, 0.1) is 42.1 Å². The summed E-state index contributed by atoms with van der Waals surface area (Å²) in [6.07, 6.45) is 2.08. The summed E-state index contributed by atoms with van der Waals surface area (Å²) in [5.74, 6) is -6.00. The summed E-state index contributed by atoms with van der Waals surface area (Å²) >= 11 is 0. The normalized spacial score (nSPS) is 24.3. The van der Waals surface area contributed by atoms with Crippen LogP contribution in [0.3, 0.4) is 0 Å². The minimum atomic E-state index is -3.93. The van der Waals surface area contributed by atoms with Crippen LogP contribution in [0.1, 0.15) is 77.3 Å². The molecule has 2 saturated carbocycles. The second-order valence-electron chi connectivity index (χ2n) is 15.1. The van der Waals surface area contributed by atoms with Crippen molar-refractivity contribution in [3.05, 3.63) is 60.0 Å². The number of nitrogens with zero attached hydrogens (tertiary/aromatic N) is 2. The molecule has 53 heavy (non-hydrogen) atoms. The van der Waals surface area contributed by atoms with Gasteiger partial charge in [-0.15, -0.1) is 6.58 Å². The number of carbonyl (C=O) groups is 6. The fraction of sp³-hybridized carbons (Fsp3) is 0.568. The highest BCUT2D eigenvalue weighted by molar-refractivity contribution is 7.90. The average molecular weight is 760 g/mol. The predicted octanol–water partition coefficient (Wildman–Crippen LogP) is 3.47. The van der Waals surface area contributed by atoms with Crippen LogP contribution in [0.2, 0.25) is 0 Å². The van der Waals surface area contributed by atoms with Crippen molar-refractivity contribution in [2.24, 2.45) is 17.3 Å². The van der Waals surface area contributed by atoms with E-state index >= 15 is 0 Å². The average Bonchev–Trinajstić information content (AvgIpc) is 3.96. The molecule has 288 valence electrons. The van der Waals surface area contributed by atoms with Gasteiger partial charge < -0.3 is 19.1 Å². The van der Waals surface area contributed by atoms with E-state index in [-0.39, 0.29) is 32.5 Å². The molecule has 1 saturated heterocycles. The number of carbonyl (C=O) groups excluding carboxylic acids is 6. The lowest BCUT2D eigenvalue weighted by molar-refractivity contribution is -0.161. The Morgan fingerprint density at radius 1 is 1.13 bits per heavy atom. The van der Waals surface area contributed by atoms with E-state index in [0.717, 1.165) is 11.0 Å². The number of fused-ring (bicyclic) bond motifs is 1. The zero-order chi connectivity index (χ0) is 38.9. The monoisotopic (exact) mass is 759 g/mol. The number of sulfonamides is 1. The number of ether oxygens (including phenoxy) is 3. The molecule has 5 rings (SSSR count).